The van der Waals surface area contributed by atoms with Gasteiger partial charge in [-0.15, -0.1) is 11.3 Å². The van der Waals surface area contributed by atoms with Gasteiger partial charge in [-0.25, -0.2) is 9.97 Å². The van der Waals surface area contributed by atoms with Crippen LogP contribution in [-0.4, -0.2) is 16.6 Å². The van der Waals surface area contributed by atoms with Gasteiger partial charge in [-0.2, -0.15) is 0 Å². The van der Waals surface area contributed by atoms with Gasteiger partial charge >= 0.3 is 0 Å². The van der Waals surface area contributed by atoms with Crippen LogP contribution in [0.2, 0.25) is 0 Å². The summed E-state index contributed by atoms with van der Waals surface area (Å²) in [7, 11) is 0. The van der Waals surface area contributed by atoms with E-state index in [9.17, 15) is 0 Å². The predicted octanol–water partition coefficient (Wildman–Crippen LogP) is 15.3. The summed E-state index contributed by atoms with van der Waals surface area (Å²) in [6.45, 7) is 5.22. The fourth-order valence-electron chi connectivity index (χ4n) is 6.39. The summed E-state index contributed by atoms with van der Waals surface area (Å²) in [6, 6.07) is 17.3. The highest BCUT2D eigenvalue weighted by Crippen LogP contribution is 2.41. The van der Waals surface area contributed by atoms with Crippen LogP contribution in [0.1, 0.15) is 148 Å². The number of ether oxygens (including phenoxy) is 1. The highest BCUT2D eigenvalue weighted by Gasteiger charge is 2.18. The van der Waals surface area contributed by atoms with Gasteiger partial charge in [0.05, 0.1) is 25.6 Å². The fourth-order valence-corrected chi connectivity index (χ4v) is 9.20. The van der Waals surface area contributed by atoms with Gasteiger partial charge in [0.1, 0.15) is 16.8 Å². The maximum atomic E-state index is 5.91. The molecule has 0 aliphatic carbocycles. The van der Waals surface area contributed by atoms with Crippen molar-refractivity contribution < 1.29 is 4.74 Å². The number of halogens is 2. The Bertz CT molecular complexity index is 1450. The molecule has 0 atom stereocenters. The molecule has 0 unspecified atom stereocenters. The highest BCUT2D eigenvalue weighted by atomic mass is 79.9. The van der Waals surface area contributed by atoms with E-state index < -0.39 is 0 Å². The first kappa shape index (κ1) is 39.0. The molecule has 0 fully saturated rings. The van der Waals surface area contributed by atoms with Gasteiger partial charge in [-0.05, 0) is 81.0 Å². The van der Waals surface area contributed by atoms with Crippen LogP contribution in [-0.2, 0) is 6.42 Å². The molecule has 3 nitrogen and oxygen atoms in total. The number of benzene rings is 2. The Hall–Kier alpha value is -1.76. The molecule has 0 saturated heterocycles. The summed E-state index contributed by atoms with van der Waals surface area (Å²) in [5.74, 6) is 0.895. The first-order valence-corrected chi connectivity index (χ1v) is 21.5. The summed E-state index contributed by atoms with van der Waals surface area (Å²) in [5, 5.41) is 0. The van der Waals surface area contributed by atoms with Crippen LogP contribution in [0.4, 0.5) is 0 Å². The number of fused-ring (bicyclic) bond motifs is 1. The van der Waals surface area contributed by atoms with Crippen molar-refractivity contribution in [2.75, 3.05) is 6.61 Å². The van der Waals surface area contributed by atoms with Crippen LogP contribution in [0, 0.1) is 0 Å². The molecule has 2 heterocycles. The maximum absolute atomic E-state index is 5.91. The number of nitrogens with zero attached hydrogens (tertiary/aromatic N) is 2. The maximum Gasteiger partial charge on any atom is 0.119 e. The largest absolute Gasteiger partial charge is 0.494 e. The fraction of sp³-hybridized carbons (Fsp3) is 0.571. The Morgan fingerprint density at radius 2 is 0.896 bits per heavy atom. The van der Waals surface area contributed by atoms with Gasteiger partial charge in [0, 0.05) is 11.1 Å². The van der Waals surface area contributed by atoms with E-state index in [1.807, 2.05) is 12.1 Å². The lowest BCUT2D eigenvalue weighted by molar-refractivity contribution is 0.309. The third kappa shape index (κ3) is 13.2. The van der Waals surface area contributed by atoms with Crippen LogP contribution in [0.25, 0.3) is 33.5 Å². The molecule has 0 spiro atoms. The molecule has 2 aromatic carbocycles. The molecule has 0 aliphatic heterocycles. The minimum atomic E-state index is 0.745. The minimum absolute atomic E-state index is 0.745. The first-order valence-electron chi connectivity index (χ1n) is 19.1. The van der Waals surface area contributed by atoms with Gasteiger partial charge in [-0.1, -0.05) is 154 Å². The molecule has 0 aliphatic rings. The molecular formula is C42H58Br2N2OS. The van der Waals surface area contributed by atoms with Crippen LogP contribution >= 0.6 is 43.2 Å². The molecule has 0 bridgehead atoms. The summed E-state index contributed by atoms with van der Waals surface area (Å²) >= 11 is 9.03. The average molecular weight is 799 g/mol. The van der Waals surface area contributed by atoms with Crippen molar-refractivity contribution in [2.24, 2.45) is 0 Å². The molecule has 0 saturated carbocycles. The van der Waals surface area contributed by atoms with E-state index >= 15 is 0 Å². The third-order valence-electron chi connectivity index (χ3n) is 9.39. The molecule has 0 radical (unpaired) electrons. The van der Waals surface area contributed by atoms with Gasteiger partial charge in [0.2, 0.25) is 0 Å². The monoisotopic (exact) mass is 796 g/mol. The zero-order chi connectivity index (χ0) is 33.8. The van der Waals surface area contributed by atoms with E-state index in [4.69, 9.17) is 14.7 Å². The van der Waals surface area contributed by atoms with E-state index in [1.54, 1.807) is 11.3 Å². The van der Waals surface area contributed by atoms with Crippen molar-refractivity contribution in [1.82, 2.24) is 9.97 Å². The Morgan fingerprint density at radius 3 is 1.33 bits per heavy atom. The van der Waals surface area contributed by atoms with E-state index in [2.05, 4.69) is 82.1 Å². The standard InChI is InChI=1S/C42H58Br2N2OS/c1-3-5-7-8-9-10-11-12-13-14-15-16-17-18-19-20-21-22-23-33-24-26-34(27-25-33)37-38(46-40-39(45-37)41(43)48-42(40)44)35-28-30-36(31-29-35)47-32-6-4-2/h24-31H,3-23,32H2,1-2H3. The Kier molecular flexibility index (Phi) is 18.6. The second-order valence-corrected chi connectivity index (χ2v) is 17.1. The number of unbranched alkanes of at least 4 members (excludes halogenated alkanes) is 18. The zero-order valence-electron chi connectivity index (χ0n) is 29.6. The topological polar surface area (TPSA) is 35.0 Å². The van der Waals surface area contributed by atoms with Crippen LogP contribution in [0.3, 0.4) is 0 Å². The van der Waals surface area contributed by atoms with Crippen molar-refractivity contribution in [1.29, 1.82) is 0 Å². The summed E-state index contributed by atoms with van der Waals surface area (Å²) < 4.78 is 7.89. The Labute approximate surface area is 312 Å². The lowest BCUT2D eigenvalue weighted by atomic mass is 10.00. The Morgan fingerprint density at radius 1 is 0.500 bits per heavy atom. The number of thiophene rings is 1. The van der Waals surface area contributed by atoms with Gasteiger partial charge in [0.15, 0.2) is 0 Å². The summed E-state index contributed by atoms with van der Waals surface area (Å²) in [5.41, 5.74) is 7.13. The van der Waals surface area contributed by atoms with Gasteiger partial charge in [-0.3, -0.25) is 0 Å². The molecule has 4 aromatic rings. The lowest BCUT2D eigenvalue weighted by Gasteiger charge is -2.11. The summed E-state index contributed by atoms with van der Waals surface area (Å²) in [6.07, 6.45) is 28.8. The summed E-state index contributed by atoms with van der Waals surface area (Å²) in [4.78, 5) is 10.3. The molecule has 6 heteroatoms. The Balaban J connectivity index is 1.17. The van der Waals surface area contributed by atoms with Crippen molar-refractivity contribution in [3.8, 4) is 28.3 Å². The number of aromatic nitrogens is 2. The molecule has 0 amide bonds. The van der Waals surface area contributed by atoms with Crippen molar-refractivity contribution in [2.45, 2.75) is 149 Å². The zero-order valence-corrected chi connectivity index (χ0v) is 33.6. The predicted molar refractivity (Wildman–Crippen MR) is 217 cm³/mol. The molecular weight excluding hydrogens is 740 g/mol. The van der Waals surface area contributed by atoms with Crippen molar-refractivity contribution in [3.05, 3.63) is 61.7 Å². The molecule has 262 valence electrons. The lowest BCUT2D eigenvalue weighted by Crippen LogP contribution is -1.97. The van der Waals surface area contributed by atoms with Crippen LogP contribution in [0.5, 0.6) is 5.75 Å². The van der Waals surface area contributed by atoms with Crippen molar-refractivity contribution in [3.63, 3.8) is 0 Å². The minimum Gasteiger partial charge on any atom is -0.494 e. The first-order chi connectivity index (χ1) is 23.6. The molecule has 0 N–H and O–H groups in total. The average Bonchev–Trinajstić information content (AvgIpc) is 3.39. The molecule has 4 rings (SSSR count). The van der Waals surface area contributed by atoms with Crippen LogP contribution < -0.4 is 4.74 Å². The number of rotatable bonds is 25. The van der Waals surface area contributed by atoms with Gasteiger partial charge in [0.25, 0.3) is 0 Å². The van der Waals surface area contributed by atoms with Gasteiger partial charge < -0.3 is 4.74 Å². The van der Waals surface area contributed by atoms with E-state index in [0.29, 0.717) is 0 Å². The van der Waals surface area contributed by atoms with Crippen molar-refractivity contribution >= 4 is 54.2 Å². The second kappa shape index (κ2) is 22.9. The number of hydrogen-bond acceptors (Lipinski definition) is 4. The number of hydrogen-bond donors (Lipinski definition) is 0. The van der Waals surface area contributed by atoms with E-state index in [0.717, 1.165) is 72.7 Å². The van der Waals surface area contributed by atoms with E-state index in [1.165, 1.54) is 121 Å². The smallest absolute Gasteiger partial charge is 0.119 e. The number of aryl methyl sites for hydroxylation is 1. The van der Waals surface area contributed by atoms with Crippen LogP contribution in [0.15, 0.2) is 56.1 Å². The van der Waals surface area contributed by atoms with E-state index in [-0.39, 0.29) is 0 Å². The SMILES string of the molecule is CCCCCCCCCCCCCCCCCCCCc1ccc(-c2nc3c(Br)sc(Br)c3nc2-c2ccc(OCCCC)cc2)cc1. The normalized spacial score (nSPS) is 11.5. The molecule has 2 aromatic heterocycles. The quantitative estimate of drug-likeness (QED) is 0.0627. The second-order valence-electron chi connectivity index (χ2n) is 13.5. The third-order valence-corrected chi connectivity index (χ3v) is 11.9. The molecule has 48 heavy (non-hydrogen) atoms. The highest BCUT2D eigenvalue weighted by molar-refractivity contribution is 9.12.